The van der Waals surface area contributed by atoms with Crippen LogP contribution in [0.3, 0.4) is 0 Å². The Hall–Kier alpha value is -1.61. The Morgan fingerprint density at radius 3 is 2.68 bits per heavy atom. The number of halogens is 1. The maximum Gasteiger partial charge on any atom is 0.191 e. The van der Waals surface area contributed by atoms with Gasteiger partial charge in [0.2, 0.25) is 0 Å². The topological polar surface area (TPSA) is 74.5 Å². The van der Waals surface area contributed by atoms with Crippen molar-refractivity contribution in [2.45, 2.75) is 32.4 Å². The number of nitrogens with one attached hydrogen (secondary N) is 2. The van der Waals surface area contributed by atoms with E-state index in [0.29, 0.717) is 6.54 Å². The average molecular weight is 457 g/mol. The number of rotatable bonds is 8. The van der Waals surface area contributed by atoms with E-state index >= 15 is 0 Å². The molecule has 0 aliphatic rings. The van der Waals surface area contributed by atoms with Crippen molar-refractivity contribution in [2.75, 3.05) is 19.6 Å². The molecule has 0 spiro atoms. The summed E-state index contributed by atoms with van der Waals surface area (Å²) in [4.78, 5) is 8.55. The van der Waals surface area contributed by atoms with E-state index in [4.69, 9.17) is 0 Å². The zero-order valence-corrected chi connectivity index (χ0v) is 17.2. The molecule has 1 aromatic heterocycles. The van der Waals surface area contributed by atoms with Gasteiger partial charge in [0.1, 0.15) is 5.60 Å². The van der Waals surface area contributed by atoms with E-state index in [1.54, 1.807) is 13.1 Å². The summed E-state index contributed by atoms with van der Waals surface area (Å²) in [5.74, 6) is 0.722. The zero-order valence-electron chi connectivity index (χ0n) is 14.9. The van der Waals surface area contributed by atoms with Crippen molar-refractivity contribution >= 4 is 29.9 Å². The molecule has 0 fully saturated rings. The number of imidazole rings is 1. The molecule has 6 nitrogen and oxygen atoms in total. The number of aromatic nitrogens is 2. The van der Waals surface area contributed by atoms with Crippen molar-refractivity contribution in [3.8, 4) is 0 Å². The molecule has 0 saturated carbocycles. The lowest BCUT2D eigenvalue weighted by atomic mass is 9.96. The van der Waals surface area contributed by atoms with E-state index in [-0.39, 0.29) is 24.0 Å². The van der Waals surface area contributed by atoms with Crippen molar-refractivity contribution in [2.24, 2.45) is 4.99 Å². The minimum absolute atomic E-state index is 0. The lowest BCUT2D eigenvalue weighted by Gasteiger charge is -2.22. The van der Waals surface area contributed by atoms with Crippen LogP contribution < -0.4 is 10.6 Å². The Balaban J connectivity index is 0.00000312. The maximum atomic E-state index is 10.6. The van der Waals surface area contributed by atoms with Crippen molar-refractivity contribution in [1.29, 1.82) is 0 Å². The van der Waals surface area contributed by atoms with Crippen molar-refractivity contribution in [3.63, 3.8) is 0 Å². The van der Waals surface area contributed by atoms with Crippen LogP contribution in [0.25, 0.3) is 0 Å². The number of hydrogen-bond donors (Lipinski definition) is 3. The van der Waals surface area contributed by atoms with Crippen LogP contribution in [0.1, 0.15) is 25.8 Å². The fourth-order valence-corrected chi connectivity index (χ4v) is 2.35. The number of nitrogens with zero attached hydrogens (tertiary/aromatic N) is 3. The SMILES string of the molecule is CCNC(=NCC(C)(O)c1ccccc1)NCCCn1ccnc1.I. The summed E-state index contributed by atoms with van der Waals surface area (Å²) in [5.41, 5.74) is -0.120. The van der Waals surface area contributed by atoms with Gasteiger partial charge in [-0.05, 0) is 25.8 Å². The molecule has 1 aromatic carbocycles. The second-order valence-corrected chi connectivity index (χ2v) is 5.92. The van der Waals surface area contributed by atoms with Gasteiger partial charge in [-0.3, -0.25) is 0 Å². The molecule has 0 aliphatic heterocycles. The summed E-state index contributed by atoms with van der Waals surface area (Å²) in [6.45, 7) is 6.60. The number of benzene rings is 1. The summed E-state index contributed by atoms with van der Waals surface area (Å²) in [7, 11) is 0. The van der Waals surface area contributed by atoms with Crippen LogP contribution >= 0.6 is 24.0 Å². The largest absolute Gasteiger partial charge is 0.384 e. The lowest BCUT2D eigenvalue weighted by molar-refractivity contribution is 0.0672. The normalized spacial score (nSPS) is 13.6. The summed E-state index contributed by atoms with van der Waals surface area (Å²) in [6.07, 6.45) is 6.52. The van der Waals surface area contributed by atoms with Gasteiger partial charge >= 0.3 is 0 Å². The Kier molecular flexibility index (Phi) is 9.51. The van der Waals surface area contributed by atoms with Gasteiger partial charge in [-0.1, -0.05) is 30.3 Å². The molecule has 1 heterocycles. The highest BCUT2D eigenvalue weighted by Crippen LogP contribution is 2.20. The first-order valence-corrected chi connectivity index (χ1v) is 8.37. The van der Waals surface area contributed by atoms with Gasteiger partial charge in [-0.15, -0.1) is 24.0 Å². The van der Waals surface area contributed by atoms with E-state index in [0.717, 1.165) is 37.6 Å². The molecule has 25 heavy (non-hydrogen) atoms. The van der Waals surface area contributed by atoms with Crippen LogP contribution in [0.15, 0.2) is 54.0 Å². The van der Waals surface area contributed by atoms with Gasteiger partial charge in [0, 0.05) is 32.0 Å². The number of guanidine groups is 1. The number of aliphatic imine (C=N–C) groups is 1. The van der Waals surface area contributed by atoms with Crippen LogP contribution in [0.5, 0.6) is 0 Å². The second kappa shape index (κ2) is 11.1. The molecule has 0 amide bonds. The third-order valence-electron chi connectivity index (χ3n) is 3.73. The fourth-order valence-electron chi connectivity index (χ4n) is 2.35. The van der Waals surface area contributed by atoms with Crippen molar-refractivity contribution in [3.05, 3.63) is 54.6 Å². The standard InChI is InChI=1S/C18H27N5O.HI/c1-3-20-17(21-10-7-12-23-13-11-19-15-23)22-14-18(2,24)16-8-5-4-6-9-16;/h4-6,8-9,11,13,15,24H,3,7,10,12,14H2,1-2H3,(H2,20,21,22);1H. The van der Waals surface area contributed by atoms with Crippen LogP contribution in [0.4, 0.5) is 0 Å². The molecular formula is C18H28IN5O. The zero-order chi connectivity index (χ0) is 17.3. The second-order valence-electron chi connectivity index (χ2n) is 5.92. The van der Waals surface area contributed by atoms with E-state index in [9.17, 15) is 5.11 Å². The first-order valence-electron chi connectivity index (χ1n) is 8.37. The average Bonchev–Trinajstić information content (AvgIpc) is 3.11. The molecule has 138 valence electrons. The Labute approximate surface area is 166 Å². The molecule has 3 N–H and O–H groups in total. The maximum absolute atomic E-state index is 10.6. The Bertz CT molecular complexity index is 614. The number of aliphatic hydroxyl groups is 1. The van der Waals surface area contributed by atoms with Gasteiger partial charge in [0.25, 0.3) is 0 Å². The lowest BCUT2D eigenvalue weighted by Crippen LogP contribution is -2.39. The summed E-state index contributed by atoms with van der Waals surface area (Å²) >= 11 is 0. The summed E-state index contributed by atoms with van der Waals surface area (Å²) in [5, 5.41) is 17.1. The highest BCUT2D eigenvalue weighted by Gasteiger charge is 2.22. The molecule has 0 radical (unpaired) electrons. The highest BCUT2D eigenvalue weighted by atomic mass is 127. The third kappa shape index (κ3) is 7.43. The highest BCUT2D eigenvalue weighted by molar-refractivity contribution is 14.0. The van der Waals surface area contributed by atoms with Crippen LogP contribution in [-0.4, -0.2) is 40.3 Å². The number of aryl methyl sites for hydroxylation is 1. The van der Waals surface area contributed by atoms with Gasteiger partial charge in [0.05, 0.1) is 12.9 Å². The van der Waals surface area contributed by atoms with Crippen LogP contribution in [0, 0.1) is 0 Å². The third-order valence-corrected chi connectivity index (χ3v) is 3.73. The van der Waals surface area contributed by atoms with Crippen molar-refractivity contribution in [1.82, 2.24) is 20.2 Å². The Morgan fingerprint density at radius 1 is 1.28 bits per heavy atom. The van der Waals surface area contributed by atoms with Crippen molar-refractivity contribution < 1.29 is 5.11 Å². The predicted octanol–water partition coefficient (Wildman–Crippen LogP) is 2.35. The van der Waals surface area contributed by atoms with Gasteiger partial charge < -0.3 is 20.3 Å². The van der Waals surface area contributed by atoms with E-state index in [1.807, 2.05) is 54.3 Å². The molecule has 2 rings (SSSR count). The molecule has 7 heteroatoms. The first kappa shape index (κ1) is 21.4. The minimum atomic E-state index is -0.986. The van der Waals surface area contributed by atoms with Crippen LogP contribution in [-0.2, 0) is 12.1 Å². The molecule has 0 aliphatic carbocycles. The molecule has 0 saturated heterocycles. The quantitative estimate of drug-likeness (QED) is 0.246. The van der Waals surface area contributed by atoms with Crippen LogP contribution in [0.2, 0.25) is 0 Å². The summed E-state index contributed by atoms with van der Waals surface area (Å²) in [6, 6.07) is 9.62. The minimum Gasteiger partial charge on any atom is -0.384 e. The van der Waals surface area contributed by atoms with E-state index in [1.165, 1.54) is 0 Å². The molecular weight excluding hydrogens is 429 g/mol. The molecule has 0 bridgehead atoms. The predicted molar refractivity (Wildman–Crippen MR) is 112 cm³/mol. The monoisotopic (exact) mass is 457 g/mol. The molecule has 2 aromatic rings. The van der Waals surface area contributed by atoms with Gasteiger partial charge in [-0.2, -0.15) is 0 Å². The van der Waals surface area contributed by atoms with Gasteiger partial charge in [-0.25, -0.2) is 9.98 Å². The first-order chi connectivity index (χ1) is 11.6. The Morgan fingerprint density at radius 2 is 2.04 bits per heavy atom. The molecule has 1 unspecified atom stereocenters. The summed E-state index contributed by atoms with van der Waals surface area (Å²) < 4.78 is 2.05. The van der Waals surface area contributed by atoms with E-state index < -0.39 is 5.60 Å². The van der Waals surface area contributed by atoms with E-state index in [2.05, 4.69) is 20.6 Å². The fraction of sp³-hybridized carbons (Fsp3) is 0.444. The van der Waals surface area contributed by atoms with Gasteiger partial charge in [0.15, 0.2) is 5.96 Å². The number of hydrogen-bond acceptors (Lipinski definition) is 3. The smallest absolute Gasteiger partial charge is 0.191 e. The molecule has 1 atom stereocenters.